The summed E-state index contributed by atoms with van der Waals surface area (Å²) >= 11 is 0. The quantitative estimate of drug-likeness (QED) is 0.692. The van der Waals surface area contributed by atoms with Crippen molar-refractivity contribution in [3.63, 3.8) is 0 Å². The fraction of sp³-hybridized carbons (Fsp3) is 1.00. The van der Waals surface area contributed by atoms with Crippen molar-refractivity contribution in [2.24, 2.45) is 0 Å². The van der Waals surface area contributed by atoms with E-state index in [0.29, 0.717) is 13.1 Å². The molecule has 0 aromatic carbocycles. The molecular formula is C12H26N2O3. The number of hydrogen-bond acceptors (Lipinski definition) is 5. The number of aliphatic hydroxyl groups excluding tert-OH is 2. The minimum atomic E-state index is -0.305. The van der Waals surface area contributed by atoms with Gasteiger partial charge in [-0.25, -0.2) is 0 Å². The average Bonchev–Trinajstić information content (AvgIpc) is 2.31. The van der Waals surface area contributed by atoms with Crippen molar-refractivity contribution in [1.82, 2.24) is 9.80 Å². The van der Waals surface area contributed by atoms with Crippen LogP contribution in [0.15, 0.2) is 0 Å². The van der Waals surface area contributed by atoms with E-state index in [2.05, 4.69) is 9.80 Å². The van der Waals surface area contributed by atoms with Gasteiger partial charge in [-0.2, -0.15) is 0 Å². The molecule has 0 aromatic rings. The average molecular weight is 246 g/mol. The fourth-order valence-electron chi connectivity index (χ4n) is 2.11. The van der Waals surface area contributed by atoms with E-state index in [4.69, 9.17) is 4.74 Å². The molecule has 0 aromatic heterocycles. The van der Waals surface area contributed by atoms with Gasteiger partial charge in [0.2, 0.25) is 0 Å². The smallest absolute Gasteiger partial charge is 0.0639 e. The van der Waals surface area contributed by atoms with Gasteiger partial charge >= 0.3 is 0 Å². The van der Waals surface area contributed by atoms with Crippen LogP contribution in [0.3, 0.4) is 0 Å². The summed E-state index contributed by atoms with van der Waals surface area (Å²) < 4.78 is 5.53. The van der Waals surface area contributed by atoms with E-state index in [-0.39, 0.29) is 12.2 Å². The van der Waals surface area contributed by atoms with Gasteiger partial charge < -0.3 is 14.9 Å². The molecule has 1 aliphatic heterocycles. The predicted octanol–water partition coefficient (Wildman–Crippen LogP) is -0.618. The molecule has 1 fully saturated rings. The number of rotatable bonds is 4. The van der Waals surface area contributed by atoms with E-state index < -0.39 is 0 Å². The zero-order valence-corrected chi connectivity index (χ0v) is 11.0. The molecule has 1 heterocycles. The maximum Gasteiger partial charge on any atom is 0.0639 e. The molecule has 102 valence electrons. The van der Waals surface area contributed by atoms with Crippen molar-refractivity contribution in [2.45, 2.75) is 26.1 Å². The minimum Gasteiger partial charge on any atom is -0.392 e. The summed E-state index contributed by atoms with van der Waals surface area (Å²) in [5, 5.41) is 18.8. The van der Waals surface area contributed by atoms with Crippen LogP contribution in [0, 0.1) is 0 Å². The van der Waals surface area contributed by atoms with Crippen molar-refractivity contribution in [3.05, 3.63) is 0 Å². The third kappa shape index (κ3) is 6.95. The highest BCUT2D eigenvalue weighted by molar-refractivity contribution is 4.69. The van der Waals surface area contributed by atoms with Crippen LogP contribution in [0.2, 0.25) is 0 Å². The second-order valence-corrected chi connectivity index (χ2v) is 4.91. The SMILES string of the molecule is C[C@H](O)CN1CCOCCN(C[C@H](C)O)CC1. The van der Waals surface area contributed by atoms with Crippen molar-refractivity contribution >= 4 is 0 Å². The zero-order valence-electron chi connectivity index (χ0n) is 11.0. The lowest BCUT2D eigenvalue weighted by molar-refractivity contribution is 0.0831. The molecule has 17 heavy (non-hydrogen) atoms. The topological polar surface area (TPSA) is 56.2 Å². The summed E-state index contributed by atoms with van der Waals surface area (Å²) in [5.74, 6) is 0. The van der Waals surface area contributed by atoms with Crippen LogP contribution in [-0.4, -0.2) is 84.7 Å². The van der Waals surface area contributed by atoms with Gasteiger partial charge in [-0.05, 0) is 13.8 Å². The van der Waals surface area contributed by atoms with Gasteiger partial charge in [0.05, 0.1) is 25.4 Å². The van der Waals surface area contributed by atoms with Crippen LogP contribution in [-0.2, 0) is 4.74 Å². The van der Waals surface area contributed by atoms with Gasteiger partial charge in [-0.15, -0.1) is 0 Å². The number of ether oxygens (including phenoxy) is 1. The maximum atomic E-state index is 9.41. The van der Waals surface area contributed by atoms with E-state index in [0.717, 1.165) is 39.4 Å². The van der Waals surface area contributed by atoms with Crippen molar-refractivity contribution in [2.75, 3.05) is 52.5 Å². The Labute approximate surface area is 104 Å². The molecule has 2 atom stereocenters. The van der Waals surface area contributed by atoms with Gasteiger partial charge in [0, 0.05) is 39.3 Å². The Bertz CT molecular complexity index is 180. The van der Waals surface area contributed by atoms with Gasteiger partial charge in [-0.1, -0.05) is 0 Å². The van der Waals surface area contributed by atoms with Crippen LogP contribution in [0.5, 0.6) is 0 Å². The van der Waals surface area contributed by atoms with Gasteiger partial charge in [0.1, 0.15) is 0 Å². The summed E-state index contributed by atoms with van der Waals surface area (Å²) in [7, 11) is 0. The van der Waals surface area contributed by atoms with Gasteiger partial charge in [0.15, 0.2) is 0 Å². The Hall–Kier alpha value is -0.200. The summed E-state index contributed by atoms with van der Waals surface area (Å²) in [6, 6.07) is 0. The number of β-amino-alcohol motifs (C(OH)–C–C–N with tert-alkyl or cyclic N) is 2. The molecule has 2 N–H and O–H groups in total. The molecule has 0 radical (unpaired) electrons. The molecular weight excluding hydrogens is 220 g/mol. The molecule has 0 spiro atoms. The third-order valence-corrected chi connectivity index (χ3v) is 2.88. The molecule has 0 aliphatic carbocycles. The van der Waals surface area contributed by atoms with Crippen molar-refractivity contribution in [1.29, 1.82) is 0 Å². The second-order valence-electron chi connectivity index (χ2n) is 4.91. The first kappa shape index (κ1) is 14.9. The molecule has 0 unspecified atom stereocenters. The van der Waals surface area contributed by atoms with E-state index in [1.807, 2.05) is 0 Å². The maximum absolute atomic E-state index is 9.41. The van der Waals surface area contributed by atoms with Crippen LogP contribution >= 0.6 is 0 Å². The molecule has 5 heteroatoms. The molecule has 0 bridgehead atoms. The first-order valence-corrected chi connectivity index (χ1v) is 6.46. The summed E-state index contributed by atoms with van der Waals surface area (Å²) in [4.78, 5) is 4.43. The Balaban J connectivity index is 2.40. The molecule has 1 rings (SSSR count). The van der Waals surface area contributed by atoms with E-state index >= 15 is 0 Å². The molecule has 1 saturated heterocycles. The molecule has 5 nitrogen and oxygen atoms in total. The first-order valence-electron chi connectivity index (χ1n) is 6.46. The third-order valence-electron chi connectivity index (χ3n) is 2.88. The Morgan fingerprint density at radius 2 is 1.29 bits per heavy atom. The standard InChI is InChI=1S/C12H26N2O3/c1-11(15)9-13-3-4-14(10-12(2)16)6-8-17-7-5-13/h11-12,15-16H,3-10H2,1-2H3/t11-,12-/m0/s1. The highest BCUT2D eigenvalue weighted by atomic mass is 16.5. The Morgan fingerprint density at radius 3 is 1.65 bits per heavy atom. The van der Waals surface area contributed by atoms with Crippen molar-refractivity contribution < 1.29 is 14.9 Å². The van der Waals surface area contributed by atoms with Crippen LogP contribution < -0.4 is 0 Å². The lowest BCUT2D eigenvalue weighted by Gasteiger charge is -2.26. The normalized spacial score (nSPS) is 24.7. The minimum absolute atomic E-state index is 0.305. The first-order chi connectivity index (χ1) is 8.08. The summed E-state index contributed by atoms with van der Waals surface area (Å²) in [6.45, 7) is 9.99. The van der Waals surface area contributed by atoms with Gasteiger partial charge in [0.25, 0.3) is 0 Å². The number of aliphatic hydroxyl groups is 2. The van der Waals surface area contributed by atoms with Crippen molar-refractivity contribution in [3.8, 4) is 0 Å². The summed E-state index contributed by atoms with van der Waals surface area (Å²) in [6.07, 6.45) is -0.609. The Morgan fingerprint density at radius 1 is 0.882 bits per heavy atom. The van der Waals surface area contributed by atoms with Crippen LogP contribution in [0.4, 0.5) is 0 Å². The highest BCUT2D eigenvalue weighted by Crippen LogP contribution is 2.00. The van der Waals surface area contributed by atoms with Crippen LogP contribution in [0.25, 0.3) is 0 Å². The Kier molecular flexibility index (Phi) is 6.99. The molecule has 1 aliphatic rings. The zero-order chi connectivity index (χ0) is 12.7. The van der Waals surface area contributed by atoms with E-state index in [1.165, 1.54) is 0 Å². The highest BCUT2D eigenvalue weighted by Gasteiger charge is 2.14. The predicted molar refractivity (Wildman–Crippen MR) is 67.1 cm³/mol. The monoisotopic (exact) mass is 246 g/mol. The number of nitrogens with zero attached hydrogens (tertiary/aromatic N) is 2. The van der Waals surface area contributed by atoms with E-state index in [9.17, 15) is 10.2 Å². The van der Waals surface area contributed by atoms with Gasteiger partial charge in [-0.3, -0.25) is 9.80 Å². The van der Waals surface area contributed by atoms with Crippen LogP contribution in [0.1, 0.15) is 13.8 Å². The molecule has 0 amide bonds. The fourth-order valence-corrected chi connectivity index (χ4v) is 2.11. The lowest BCUT2D eigenvalue weighted by Crippen LogP contribution is -2.41. The largest absolute Gasteiger partial charge is 0.392 e. The second kappa shape index (κ2) is 8.00. The lowest BCUT2D eigenvalue weighted by atomic mass is 10.3. The van der Waals surface area contributed by atoms with E-state index in [1.54, 1.807) is 13.8 Å². The number of hydrogen-bond donors (Lipinski definition) is 2. The summed E-state index contributed by atoms with van der Waals surface area (Å²) in [5.41, 5.74) is 0. The molecule has 0 saturated carbocycles.